The van der Waals surface area contributed by atoms with E-state index in [0.29, 0.717) is 25.2 Å². The molecule has 0 amide bonds. The predicted molar refractivity (Wildman–Crippen MR) is 102 cm³/mol. The van der Waals surface area contributed by atoms with Crippen LogP contribution in [0.4, 0.5) is 13.2 Å². The zero-order chi connectivity index (χ0) is 20.1. The van der Waals surface area contributed by atoms with Crippen molar-refractivity contribution in [1.29, 1.82) is 0 Å². The molecular weight excluding hydrogens is 369 g/mol. The van der Waals surface area contributed by atoms with Crippen molar-refractivity contribution in [2.75, 3.05) is 19.8 Å². The fourth-order valence-corrected chi connectivity index (χ4v) is 4.08. The summed E-state index contributed by atoms with van der Waals surface area (Å²) in [5.41, 5.74) is 0.310. The molecule has 0 saturated carbocycles. The molecule has 3 nitrogen and oxygen atoms in total. The Hall–Kier alpha value is -1.27. The van der Waals surface area contributed by atoms with E-state index in [2.05, 4.69) is 6.92 Å². The molecule has 5 atom stereocenters. The fourth-order valence-electron chi connectivity index (χ4n) is 4.08. The van der Waals surface area contributed by atoms with Gasteiger partial charge in [0.15, 0.2) is 11.6 Å². The van der Waals surface area contributed by atoms with E-state index in [-0.39, 0.29) is 36.4 Å². The number of hydrogen-bond acceptors (Lipinski definition) is 3. The van der Waals surface area contributed by atoms with Crippen LogP contribution in [0.1, 0.15) is 63.9 Å². The van der Waals surface area contributed by atoms with Gasteiger partial charge in [0.05, 0.1) is 18.8 Å². The van der Waals surface area contributed by atoms with E-state index >= 15 is 0 Å². The monoisotopic (exact) mass is 400 g/mol. The Morgan fingerprint density at radius 2 is 1.89 bits per heavy atom. The number of halogens is 3. The lowest BCUT2D eigenvalue weighted by Crippen LogP contribution is -2.27. The molecule has 2 heterocycles. The summed E-state index contributed by atoms with van der Waals surface area (Å²) in [4.78, 5) is 0. The van der Waals surface area contributed by atoms with Crippen LogP contribution in [0.15, 0.2) is 12.1 Å². The van der Waals surface area contributed by atoms with Crippen LogP contribution in [0, 0.1) is 17.6 Å². The third-order valence-electron chi connectivity index (χ3n) is 5.95. The summed E-state index contributed by atoms with van der Waals surface area (Å²) < 4.78 is 59.7. The Labute approximate surface area is 165 Å². The standard InChI is InChI=1S/C22H31F3O3/c1-3-18-7-6-16(12-27-18)19-8-9-20(22(25)21(19)24)28-13-17(23)10-15-5-4-14(2)26-11-15/h8-9,14-18H,3-7,10-13H2,1-2H3. The molecule has 2 fully saturated rings. The van der Waals surface area contributed by atoms with Gasteiger partial charge in [-0.05, 0) is 63.0 Å². The van der Waals surface area contributed by atoms with Gasteiger partial charge in [0.1, 0.15) is 12.8 Å². The molecule has 1 aromatic rings. The Balaban J connectivity index is 1.53. The van der Waals surface area contributed by atoms with Gasteiger partial charge in [-0.2, -0.15) is 4.39 Å². The molecule has 2 aliphatic heterocycles. The molecule has 158 valence electrons. The Kier molecular flexibility index (Phi) is 7.63. The summed E-state index contributed by atoms with van der Waals surface area (Å²) in [6.45, 7) is 4.71. The summed E-state index contributed by atoms with van der Waals surface area (Å²) in [6, 6.07) is 2.94. The van der Waals surface area contributed by atoms with E-state index in [4.69, 9.17) is 14.2 Å². The highest BCUT2D eigenvalue weighted by Gasteiger charge is 2.27. The molecule has 0 aromatic heterocycles. The van der Waals surface area contributed by atoms with Crippen molar-refractivity contribution in [3.63, 3.8) is 0 Å². The van der Waals surface area contributed by atoms with Crippen LogP contribution in [0.2, 0.25) is 0 Å². The molecule has 28 heavy (non-hydrogen) atoms. The molecule has 6 heteroatoms. The third kappa shape index (κ3) is 5.41. The summed E-state index contributed by atoms with van der Waals surface area (Å²) in [5, 5.41) is 0. The van der Waals surface area contributed by atoms with E-state index in [1.807, 2.05) is 6.92 Å². The van der Waals surface area contributed by atoms with Crippen molar-refractivity contribution in [3.8, 4) is 5.75 Å². The van der Waals surface area contributed by atoms with Gasteiger partial charge >= 0.3 is 0 Å². The van der Waals surface area contributed by atoms with Gasteiger partial charge in [0.25, 0.3) is 0 Å². The van der Waals surface area contributed by atoms with Crippen LogP contribution in [0.3, 0.4) is 0 Å². The number of ether oxygens (including phenoxy) is 3. The first-order valence-electron chi connectivity index (χ1n) is 10.5. The Morgan fingerprint density at radius 3 is 2.54 bits per heavy atom. The second-order valence-corrected chi connectivity index (χ2v) is 8.15. The van der Waals surface area contributed by atoms with Crippen LogP contribution in [0.25, 0.3) is 0 Å². The zero-order valence-corrected chi connectivity index (χ0v) is 16.8. The van der Waals surface area contributed by atoms with Crippen LogP contribution >= 0.6 is 0 Å². The second kappa shape index (κ2) is 9.97. The van der Waals surface area contributed by atoms with Gasteiger partial charge in [0, 0.05) is 12.5 Å². The van der Waals surface area contributed by atoms with Crippen LogP contribution < -0.4 is 4.74 Å². The maximum Gasteiger partial charge on any atom is 0.200 e. The fraction of sp³-hybridized carbons (Fsp3) is 0.727. The van der Waals surface area contributed by atoms with E-state index < -0.39 is 17.8 Å². The molecule has 2 aliphatic rings. The lowest BCUT2D eigenvalue weighted by Gasteiger charge is -2.29. The van der Waals surface area contributed by atoms with Gasteiger partial charge in [-0.15, -0.1) is 0 Å². The number of rotatable bonds is 7. The first kappa shape index (κ1) is 21.4. The van der Waals surface area contributed by atoms with Crippen LogP contribution in [-0.2, 0) is 9.47 Å². The first-order valence-corrected chi connectivity index (χ1v) is 10.5. The highest BCUT2D eigenvalue weighted by atomic mass is 19.2. The van der Waals surface area contributed by atoms with Gasteiger partial charge in [-0.3, -0.25) is 0 Å². The predicted octanol–water partition coefficient (Wildman–Crippen LogP) is 5.56. The van der Waals surface area contributed by atoms with Gasteiger partial charge in [-0.1, -0.05) is 13.0 Å². The van der Waals surface area contributed by atoms with Gasteiger partial charge in [-0.25, -0.2) is 8.78 Å². The lowest BCUT2D eigenvalue weighted by molar-refractivity contribution is -0.0155. The van der Waals surface area contributed by atoms with Gasteiger partial charge < -0.3 is 14.2 Å². The molecule has 0 aliphatic carbocycles. The smallest absolute Gasteiger partial charge is 0.200 e. The van der Waals surface area contributed by atoms with Crippen molar-refractivity contribution in [2.45, 2.75) is 76.7 Å². The largest absolute Gasteiger partial charge is 0.487 e. The Bertz CT molecular complexity index is 624. The quantitative estimate of drug-likeness (QED) is 0.600. The summed E-state index contributed by atoms with van der Waals surface area (Å²) in [7, 11) is 0. The highest BCUT2D eigenvalue weighted by molar-refractivity contribution is 5.33. The average Bonchev–Trinajstić information content (AvgIpc) is 2.71. The van der Waals surface area contributed by atoms with E-state index in [1.165, 1.54) is 12.1 Å². The van der Waals surface area contributed by atoms with E-state index in [1.54, 1.807) is 0 Å². The summed E-state index contributed by atoms with van der Waals surface area (Å²) in [6.07, 6.45) is 3.87. The normalized spacial score (nSPS) is 29.5. The van der Waals surface area contributed by atoms with Crippen molar-refractivity contribution in [2.24, 2.45) is 5.92 Å². The molecule has 1 aromatic carbocycles. The van der Waals surface area contributed by atoms with Gasteiger partial charge in [0.2, 0.25) is 5.82 Å². The van der Waals surface area contributed by atoms with Crippen molar-refractivity contribution in [3.05, 3.63) is 29.3 Å². The van der Waals surface area contributed by atoms with Crippen molar-refractivity contribution in [1.82, 2.24) is 0 Å². The highest BCUT2D eigenvalue weighted by Crippen LogP contribution is 2.34. The minimum Gasteiger partial charge on any atom is -0.487 e. The topological polar surface area (TPSA) is 27.7 Å². The lowest BCUT2D eigenvalue weighted by atomic mass is 9.90. The molecule has 0 bridgehead atoms. The summed E-state index contributed by atoms with van der Waals surface area (Å²) >= 11 is 0. The van der Waals surface area contributed by atoms with E-state index in [9.17, 15) is 13.2 Å². The number of alkyl halides is 1. The third-order valence-corrected chi connectivity index (χ3v) is 5.95. The molecular formula is C22H31F3O3. The van der Waals surface area contributed by atoms with E-state index in [0.717, 1.165) is 32.1 Å². The maximum absolute atomic E-state index is 14.5. The SMILES string of the molecule is CCC1CCC(c2ccc(OCC(F)CC3CCC(C)OC3)c(F)c2F)CO1. The van der Waals surface area contributed by atoms with Crippen LogP contribution in [-0.4, -0.2) is 38.2 Å². The maximum atomic E-state index is 14.5. The number of hydrogen-bond donors (Lipinski definition) is 0. The zero-order valence-electron chi connectivity index (χ0n) is 16.8. The Morgan fingerprint density at radius 1 is 1.07 bits per heavy atom. The molecule has 2 saturated heterocycles. The summed E-state index contributed by atoms with van der Waals surface area (Å²) in [5.74, 6) is -2.20. The molecule has 0 radical (unpaired) electrons. The molecule has 3 rings (SSSR count). The first-order chi connectivity index (χ1) is 13.5. The minimum atomic E-state index is -1.23. The second-order valence-electron chi connectivity index (χ2n) is 8.15. The molecule has 0 spiro atoms. The minimum absolute atomic E-state index is 0.150. The number of benzene rings is 1. The molecule has 0 N–H and O–H groups in total. The van der Waals surface area contributed by atoms with Crippen molar-refractivity contribution >= 4 is 0 Å². The van der Waals surface area contributed by atoms with Crippen molar-refractivity contribution < 1.29 is 27.4 Å². The average molecular weight is 400 g/mol. The van der Waals surface area contributed by atoms with Crippen LogP contribution in [0.5, 0.6) is 5.75 Å². The molecule has 5 unspecified atom stereocenters.